The van der Waals surface area contributed by atoms with Gasteiger partial charge in [-0.15, -0.1) is 0 Å². The molecule has 0 aliphatic carbocycles. The molecule has 2 rings (SSSR count). The molecule has 1 aliphatic heterocycles. The molecule has 40 heavy (non-hydrogen) atoms. The number of carbonyl (C=O) groups is 4. The summed E-state index contributed by atoms with van der Waals surface area (Å²) in [6.45, 7) is 4.23. The van der Waals surface area contributed by atoms with E-state index in [2.05, 4.69) is 21.0 Å². The number of halogens is 8. The van der Waals surface area contributed by atoms with Crippen LogP contribution in [0.25, 0.3) is 0 Å². The smallest absolute Gasteiger partial charge is 0.475 e. The summed E-state index contributed by atoms with van der Waals surface area (Å²) in [6, 6.07) is -1.75. The fourth-order valence-electron chi connectivity index (χ4n) is 2.94. The zero-order chi connectivity index (χ0) is 31.5. The number of aromatic nitrogens is 2. The van der Waals surface area contributed by atoms with Gasteiger partial charge in [-0.25, -0.2) is 18.4 Å². The molecular weight excluding hydrogens is 570 g/mol. The van der Waals surface area contributed by atoms with Gasteiger partial charge in [0.1, 0.15) is 6.04 Å². The van der Waals surface area contributed by atoms with Gasteiger partial charge < -0.3 is 26.2 Å². The largest absolute Gasteiger partial charge is 0.490 e. The van der Waals surface area contributed by atoms with Gasteiger partial charge in [0, 0.05) is 44.7 Å². The van der Waals surface area contributed by atoms with Crippen LogP contribution >= 0.6 is 0 Å². The zero-order valence-electron chi connectivity index (χ0n) is 21.4. The lowest BCUT2D eigenvalue weighted by atomic mass is 9.98. The standard InChI is InChI=1S/C17H27F2N5O2.2C2HF3O2/c1-11(2)6-13(15(25)21-8-12-9-22-24(3)10-12)23-16(26)14-7-17(18,19)4-5-20-14;2*3-2(4,5)1(6)7/h9-11,13-14,20H,4-8H2,1-3H3,(H,21,25)(H,23,26);2*(H,6,7)/t13?,14-;;/m0../s1. The molecule has 0 bridgehead atoms. The van der Waals surface area contributed by atoms with E-state index in [0.29, 0.717) is 6.42 Å². The average Bonchev–Trinajstić information content (AvgIpc) is 3.20. The number of carbonyl (C=O) groups excluding carboxylic acids is 2. The van der Waals surface area contributed by atoms with Crippen molar-refractivity contribution < 1.29 is 64.5 Å². The second kappa shape index (κ2) is 15.3. The highest BCUT2D eigenvalue weighted by Crippen LogP contribution is 2.27. The highest BCUT2D eigenvalue weighted by atomic mass is 19.4. The molecule has 2 heterocycles. The molecule has 230 valence electrons. The number of carboxylic acids is 2. The minimum absolute atomic E-state index is 0.0765. The minimum atomic E-state index is -5.08. The lowest BCUT2D eigenvalue weighted by molar-refractivity contribution is -0.193. The number of rotatable bonds is 7. The zero-order valence-corrected chi connectivity index (χ0v) is 21.4. The Morgan fingerprint density at radius 1 is 1.10 bits per heavy atom. The van der Waals surface area contributed by atoms with Gasteiger partial charge >= 0.3 is 24.3 Å². The third kappa shape index (κ3) is 15.2. The lowest BCUT2D eigenvalue weighted by Crippen LogP contribution is -2.56. The van der Waals surface area contributed by atoms with Crippen LogP contribution in [-0.2, 0) is 32.8 Å². The molecule has 19 heteroatoms. The van der Waals surface area contributed by atoms with Gasteiger partial charge in [0.05, 0.1) is 12.2 Å². The minimum Gasteiger partial charge on any atom is -0.475 e. The van der Waals surface area contributed by atoms with Crippen molar-refractivity contribution in [1.82, 2.24) is 25.7 Å². The fourth-order valence-corrected chi connectivity index (χ4v) is 2.94. The van der Waals surface area contributed by atoms with E-state index in [1.165, 1.54) is 0 Å². The number of aliphatic carboxylic acids is 2. The molecule has 0 aromatic carbocycles. The van der Waals surface area contributed by atoms with Crippen LogP contribution in [0.4, 0.5) is 35.1 Å². The molecule has 1 aromatic rings. The van der Waals surface area contributed by atoms with E-state index in [1.807, 2.05) is 13.8 Å². The summed E-state index contributed by atoms with van der Waals surface area (Å²) in [6.07, 6.45) is -7.15. The summed E-state index contributed by atoms with van der Waals surface area (Å²) < 4.78 is 92.1. The molecule has 0 saturated carbocycles. The predicted octanol–water partition coefficient (Wildman–Crippen LogP) is 2.22. The first-order valence-electron chi connectivity index (χ1n) is 11.3. The number of carboxylic acid groups (broad SMARTS) is 2. The third-order valence-electron chi connectivity index (χ3n) is 4.75. The maximum Gasteiger partial charge on any atom is 0.490 e. The van der Waals surface area contributed by atoms with Crippen LogP contribution in [0.5, 0.6) is 0 Å². The molecule has 11 nitrogen and oxygen atoms in total. The normalized spacial score (nSPS) is 17.4. The lowest BCUT2D eigenvalue weighted by Gasteiger charge is -2.30. The highest BCUT2D eigenvalue weighted by Gasteiger charge is 2.40. The van der Waals surface area contributed by atoms with Crippen LogP contribution in [-0.4, -0.2) is 80.7 Å². The van der Waals surface area contributed by atoms with Crippen LogP contribution < -0.4 is 16.0 Å². The summed E-state index contributed by atoms with van der Waals surface area (Å²) in [5.74, 6) is -9.11. The topological polar surface area (TPSA) is 163 Å². The van der Waals surface area contributed by atoms with E-state index in [9.17, 15) is 44.7 Å². The van der Waals surface area contributed by atoms with E-state index in [4.69, 9.17) is 19.8 Å². The van der Waals surface area contributed by atoms with Gasteiger partial charge in [-0.2, -0.15) is 31.4 Å². The molecule has 0 spiro atoms. The Kier molecular flexibility index (Phi) is 14.0. The van der Waals surface area contributed by atoms with Gasteiger partial charge in [0.2, 0.25) is 11.8 Å². The average molecular weight is 599 g/mol. The van der Waals surface area contributed by atoms with E-state index in [1.54, 1.807) is 24.1 Å². The molecule has 1 saturated heterocycles. The van der Waals surface area contributed by atoms with Gasteiger partial charge in [-0.05, 0) is 12.3 Å². The van der Waals surface area contributed by atoms with Crippen LogP contribution in [0.2, 0.25) is 0 Å². The Hall–Kier alpha value is -3.51. The molecular formula is C21H29F8N5O6. The molecule has 2 atom stereocenters. The van der Waals surface area contributed by atoms with Crippen LogP contribution in [0.3, 0.4) is 0 Å². The molecule has 1 aliphatic rings. The summed E-state index contributed by atoms with van der Waals surface area (Å²) in [5, 5.41) is 26.5. The Morgan fingerprint density at radius 2 is 1.60 bits per heavy atom. The van der Waals surface area contributed by atoms with E-state index >= 15 is 0 Å². The Balaban J connectivity index is 0.000000894. The molecule has 2 amide bonds. The summed E-state index contributed by atoms with van der Waals surface area (Å²) in [7, 11) is 1.78. The maximum atomic E-state index is 13.5. The first-order chi connectivity index (χ1) is 18.0. The molecule has 5 N–H and O–H groups in total. The molecule has 0 radical (unpaired) electrons. The molecule has 1 aromatic heterocycles. The number of alkyl halides is 8. The van der Waals surface area contributed by atoms with Crippen LogP contribution in [0.15, 0.2) is 12.4 Å². The molecule has 1 unspecified atom stereocenters. The monoisotopic (exact) mass is 599 g/mol. The Labute approximate surface area is 222 Å². The summed E-state index contributed by atoms with van der Waals surface area (Å²) >= 11 is 0. The summed E-state index contributed by atoms with van der Waals surface area (Å²) in [4.78, 5) is 42.6. The SMILES string of the molecule is CC(C)CC(NC(=O)[C@@H]1CC(F)(F)CCN1)C(=O)NCc1cnn(C)c1.O=C(O)C(F)(F)F.O=C(O)C(F)(F)F. The van der Waals surface area contributed by atoms with Crippen molar-refractivity contribution in [3.8, 4) is 0 Å². The Bertz CT molecular complexity index is 973. The summed E-state index contributed by atoms with van der Waals surface area (Å²) in [5.41, 5.74) is 0.837. The predicted molar refractivity (Wildman–Crippen MR) is 120 cm³/mol. The number of piperidine rings is 1. The van der Waals surface area contributed by atoms with Crippen molar-refractivity contribution >= 4 is 23.8 Å². The van der Waals surface area contributed by atoms with E-state index in [-0.39, 0.29) is 31.3 Å². The van der Waals surface area contributed by atoms with Crippen molar-refractivity contribution in [2.75, 3.05) is 6.54 Å². The number of hydrogen-bond donors (Lipinski definition) is 5. The quantitative estimate of drug-likeness (QED) is 0.298. The van der Waals surface area contributed by atoms with Crippen molar-refractivity contribution in [2.24, 2.45) is 13.0 Å². The molecule has 1 fully saturated rings. The van der Waals surface area contributed by atoms with Crippen molar-refractivity contribution in [3.63, 3.8) is 0 Å². The van der Waals surface area contributed by atoms with E-state index in [0.717, 1.165) is 5.56 Å². The van der Waals surface area contributed by atoms with Crippen molar-refractivity contribution in [1.29, 1.82) is 0 Å². The highest BCUT2D eigenvalue weighted by molar-refractivity contribution is 5.89. The van der Waals surface area contributed by atoms with Crippen molar-refractivity contribution in [3.05, 3.63) is 18.0 Å². The third-order valence-corrected chi connectivity index (χ3v) is 4.75. The van der Waals surface area contributed by atoms with Gasteiger partial charge in [0.25, 0.3) is 5.92 Å². The van der Waals surface area contributed by atoms with Crippen molar-refractivity contribution in [2.45, 2.75) is 70.0 Å². The number of nitrogens with one attached hydrogen (secondary N) is 3. The Morgan fingerprint density at radius 3 is 1.98 bits per heavy atom. The van der Waals surface area contributed by atoms with Gasteiger partial charge in [-0.3, -0.25) is 14.3 Å². The number of amides is 2. The van der Waals surface area contributed by atoms with Gasteiger partial charge in [-0.1, -0.05) is 13.8 Å². The second-order valence-electron chi connectivity index (χ2n) is 8.85. The maximum absolute atomic E-state index is 13.5. The first-order valence-corrected chi connectivity index (χ1v) is 11.3. The number of hydrogen-bond acceptors (Lipinski definition) is 6. The fraction of sp³-hybridized carbons (Fsp3) is 0.667. The second-order valence-corrected chi connectivity index (χ2v) is 8.85. The van der Waals surface area contributed by atoms with Crippen LogP contribution in [0, 0.1) is 5.92 Å². The van der Waals surface area contributed by atoms with Crippen LogP contribution in [0.1, 0.15) is 38.7 Å². The number of nitrogens with zero attached hydrogens (tertiary/aromatic N) is 2. The van der Waals surface area contributed by atoms with Gasteiger partial charge in [0.15, 0.2) is 0 Å². The first kappa shape index (κ1) is 36.5. The van der Waals surface area contributed by atoms with E-state index < -0.39 is 54.6 Å². The number of aryl methyl sites for hydroxylation is 1.